The third-order valence-corrected chi connectivity index (χ3v) is 6.39. The normalized spacial score (nSPS) is 11.9. The average molecular weight is 638 g/mol. The fourth-order valence-corrected chi connectivity index (χ4v) is 4.73. The molecule has 19 heteroatoms. The maximum absolute atomic E-state index is 12.5. The molecule has 6 rings (SSSR count). The van der Waals surface area contributed by atoms with E-state index in [0.29, 0.717) is 12.1 Å². The van der Waals surface area contributed by atoms with Gasteiger partial charge in [-0.2, -0.15) is 8.42 Å². The Labute approximate surface area is 249 Å². The van der Waals surface area contributed by atoms with Crippen molar-refractivity contribution in [1.82, 2.24) is 0 Å². The fourth-order valence-electron chi connectivity index (χ4n) is 4.73. The Bertz CT molecular complexity index is 1970. The van der Waals surface area contributed by atoms with Crippen LogP contribution in [0.2, 0.25) is 0 Å². The molecular formula is C26H14N4O14S. The van der Waals surface area contributed by atoms with Gasteiger partial charge in [0.1, 0.15) is 0 Å². The molecule has 0 saturated heterocycles. The Morgan fingerprint density at radius 2 is 0.778 bits per heavy atom. The Kier molecular flexibility index (Phi) is 8.26. The highest BCUT2D eigenvalue weighted by Gasteiger charge is 2.42. The molecule has 0 amide bonds. The molecule has 2 aliphatic carbocycles. The van der Waals surface area contributed by atoms with Gasteiger partial charge >= 0.3 is 10.4 Å². The van der Waals surface area contributed by atoms with Gasteiger partial charge in [0.2, 0.25) is 0 Å². The SMILES string of the molecule is O=C1c2cc([N+](=O)[O-])cc([N+](=O)[O-])c2-c2c1cc([N+](=O)[O-])cc2[N+](=O)[O-].O=C1c2ccccc2-c2ccccc21.O=S(=O)(O)O. The van der Waals surface area contributed by atoms with Crippen molar-refractivity contribution >= 4 is 44.7 Å². The lowest BCUT2D eigenvalue weighted by atomic mass is 10.0. The summed E-state index contributed by atoms with van der Waals surface area (Å²) in [6.07, 6.45) is 0. The highest BCUT2D eigenvalue weighted by molar-refractivity contribution is 7.79. The monoisotopic (exact) mass is 638 g/mol. The number of ketones is 2. The van der Waals surface area contributed by atoms with Gasteiger partial charge in [0.15, 0.2) is 11.6 Å². The molecule has 228 valence electrons. The quantitative estimate of drug-likeness (QED) is 0.149. The predicted molar refractivity (Wildman–Crippen MR) is 151 cm³/mol. The number of hydrogen-bond acceptors (Lipinski definition) is 12. The van der Waals surface area contributed by atoms with Crippen molar-refractivity contribution in [2.75, 3.05) is 0 Å². The van der Waals surface area contributed by atoms with E-state index in [9.17, 15) is 50.0 Å². The zero-order valence-electron chi connectivity index (χ0n) is 21.9. The van der Waals surface area contributed by atoms with Crippen LogP contribution >= 0.6 is 0 Å². The second-order valence-electron chi connectivity index (χ2n) is 9.00. The zero-order chi connectivity index (χ0) is 33.4. The van der Waals surface area contributed by atoms with Crippen molar-refractivity contribution < 1.29 is 46.8 Å². The van der Waals surface area contributed by atoms with Crippen LogP contribution in [-0.4, -0.2) is 48.8 Å². The van der Waals surface area contributed by atoms with Crippen LogP contribution in [0, 0.1) is 40.5 Å². The summed E-state index contributed by atoms with van der Waals surface area (Å²) in [7, 11) is -4.67. The molecular weight excluding hydrogens is 624 g/mol. The molecule has 0 atom stereocenters. The first-order valence-corrected chi connectivity index (χ1v) is 13.3. The number of hydrogen-bond donors (Lipinski definition) is 2. The Balaban J connectivity index is 0.000000201. The maximum Gasteiger partial charge on any atom is 0.394 e. The first-order chi connectivity index (χ1) is 21.0. The van der Waals surface area contributed by atoms with Crippen molar-refractivity contribution in [2.45, 2.75) is 0 Å². The molecule has 45 heavy (non-hydrogen) atoms. The number of nitro groups is 4. The van der Waals surface area contributed by atoms with Crippen molar-refractivity contribution in [3.8, 4) is 22.3 Å². The largest absolute Gasteiger partial charge is 0.394 e. The van der Waals surface area contributed by atoms with Crippen LogP contribution in [0.1, 0.15) is 31.8 Å². The van der Waals surface area contributed by atoms with Crippen molar-refractivity contribution in [3.63, 3.8) is 0 Å². The van der Waals surface area contributed by atoms with Gasteiger partial charge in [-0.05, 0) is 11.1 Å². The van der Waals surface area contributed by atoms with E-state index in [1.54, 1.807) is 0 Å². The van der Waals surface area contributed by atoms with Gasteiger partial charge in [0.05, 0.1) is 43.0 Å². The molecule has 0 unspecified atom stereocenters. The highest BCUT2D eigenvalue weighted by atomic mass is 32.3. The van der Waals surface area contributed by atoms with E-state index in [1.807, 2.05) is 48.5 Å². The Hall–Kier alpha value is -6.31. The number of carbonyl (C=O) groups excluding carboxylic acids is 2. The first kappa shape index (κ1) is 31.6. The molecule has 4 aromatic rings. The van der Waals surface area contributed by atoms with Crippen LogP contribution in [0.5, 0.6) is 0 Å². The lowest BCUT2D eigenvalue weighted by Crippen LogP contribution is -2.00. The molecule has 2 N–H and O–H groups in total. The topological polar surface area (TPSA) is 281 Å². The lowest BCUT2D eigenvalue weighted by Gasteiger charge is -2.03. The van der Waals surface area contributed by atoms with E-state index >= 15 is 0 Å². The van der Waals surface area contributed by atoms with Crippen molar-refractivity contribution in [3.05, 3.63) is 136 Å². The first-order valence-electron chi connectivity index (χ1n) is 11.9. The number of fused-ring (bicyclic) bond motifs is 6. The summed E-state index contributed by atoms with van der Waals surface area (Å²) >= 11 is 0. The van der Waals surface area contributed by atoms with Crippen molar-refractivity contribution in [2.24, 2.45) is 0 Å². The van der Waals surface area contributed by atoms with Crippen LogP contribution in [0.4, 0.5) is 22.7 Å². The van der Waals surface area contributed by atoms with Gasteiger partial charge in [0, 0.05) is 34.4 Å². The summed E-state index contributed by atoms with van der Waals surface area (Å²) in [5, 5.41) is 44.5. The smallest absolute Gasteiger partial charge is 0.289 e. The van der Waals surface area contributed by atoms with Gasteiger partial charge in [-0.15, -0.1) is 0 Å². The molecule has 4 aromatic carbocycles. The van der Waals surface area contributed by atoms with Crippen molar-refractivity contribution in [1.29, 1.82) is 0 Å². The van der Waals surface area contributed by atoms with Gasteiger partial charge in [0.25, 0.3) is 22.7 Å². The van der Waals surface area contributed by atoms with Crippen LogP contribution < -0.4 is 0 Å². The van der Waals surface area contributed by atoms with E-state index in [4.69, 9.17) is 17.5 Å². The molecule has 0 saturated carbocycles. The second kappa shape index (κ2) is 11.8. The minimum absolute atomic E-state index is 0.149. The highest BCUT2D eigenvalue weighted by Crippen LogP contribution is 2.49. The number of carbonyl (C=O) groups is 2. The standard InChI is InChI=1S/C13H4N4O9.C13H8O.H2O4S/c18-13-7-1-5(14(19)20)3-9(16(23)24)11(7)12-8(13)2-6(15(21)22)4-10(12)17(25)26;14-13-11-7-3-1-5-9(11)10-6-2-4-8-12(10)13;1-5(2,3)4/h1-4H;1-8H;(H2,1,2,3,4). The van der Waals surface area contributed by atoms with Gasteiger partial charge in [-0.1, -0.05) is 48.5 Å². The number of benzene rings is 4. The Morgan fingerprint density at radius 3 is 1.07 bits per heavy atom. The number of nitro benzene ring substituents is 4. The second-order valence-corrected chi connectivity index (χ2v) is 9.90. The van der Waals surface area contributed by atoms with Gasteiger partial charge < -0.3 is 0 Å². The average Bonchev–Trinajstić information content (AvgIpc) is 3.42. The molecule has 0 spiro atoms. The minimum atomic E-state index is -4.67. The van der Waals surface area contributed by atoms with Crippen LogP contribution in [0.25, 0.3) is 22.3 Å². The van der Waals surface area contributed by atoms with E-state index in [0.717, 1.165) is 34.4 Å². The summed E-state index contributed by atoms with van der Waals surface area (Å²) in [4.78, 5) is 64.9. The van der Waals surface area contributed by atoms with Gasteiger partial charge in [-0.25, -0.2) is 0 Å². The van der Waals surface area contributed by atoms with E-state index in [2.05, 4.69) is 0 Å². The van der Waals surface area contributed by atoms with Gasteiger partial charge in [-0.3, -0.25) is 59.2 Å². The van der Waals surface area contributed by atoms with E-state index < -0.39 is 80.9 Å². The minimum Gasteiger partial charge on any atom is -0.289 e. The summed E-state index contributed by atoms with van der Waals surface area (Å²) in [6, 6.07) is 18.2. The van der Waals surface area contributed by atoms with Crippen LogP contribution in [0.15, 0.2) is 72.8 Å². The molecule has 0 aliphatic heterocycles. The number of non-ortho nitro benzene ring substituents is 2. The lowest BCUT2D eigenvalue weighted by molar-refractivity contribution is -0.395. The van der Waals surface area contributed by atoms with E-state index in [-0.39, 0.29) is 5.78 Å². The van der Waals surface area contributed by atoms with E-state index in [1.165, 1.54) is 0 Å². The summed E-state index contributed by atoms with van der Waals surface area (Å²) in [5.74, 6) is -0.857. The zero-order valence-corrected chi connectivity index (χ0v) is 22.7. The summed E-state index contributed by atoms with van der Waals surface area (Å²) < 4.78 is 31.6. The summed E-state index contributed by atoms with van der Waals surface area (Å²) in [6.45, 7) is 0. The molecule has 0 heterocycles. The molecule has 18 nitrogen and oxygen atoms in total. The molecule has 0 bridgehead atoms. The third kappa shape index (κ3) is 6.24. The number of nitrogens with zero attached hydrogens (tertiary/aromatic N) is 4. The summed E-state index contributed by atoms with van der Waals surface area (Å²) in [5.41, 5.74) is -1.42. The van der Waals surface area contributed by atoms with Crippen LogP contribution in [-0.2, 0) is 10.4 Å². The molecule has 0 fully saturated rings. The third-order valence-electron chi connectivity index (χ3n) is 6.39. The Morgan fingerprint density at radius 1 is 0.489 bits per heavy atom. The predicted octanol–water partition coefficient (Wildman–Crippen LogP) is 4.78. The van der Waals surface area contributed by atoms with Crippen LogP contribution in [0.3, 0.4) is 0 Å². The molecule has 2 aliphatic rings. The molecule has 0 radical (unpaired) electrons. The molecule has 0 aromatic heterocycles. The fraction of sp³-hybridized carbons (Fsp3) is 0. The maximum atomic E-state index is 12.5. The number of rotatable bonds is 4.